The van der Waals surface area contributed by atoms with Crippen molar-refractivity contribution >= 4 is 28.2 Å². The highest BCUT2D eigenvalue weighted by Gasteiger charge is 2.30. The van der Waals surface area contributed by atoms with Gasteiger partial charge in [-0.25, -0.2) is 4.79 Å². The monoisotopic (exact) mass is 289 g/mol. The number of nitrogens with zero attached hydrogens (tertiary/aromatic N) is 3. The van der Waals surface area contributed by atoms with Gasteiger partial charge in [0.15, 0.2) is 0 Å². The van der Waals surface area contributed by atoms with E-state index >= 15 is 0 Å². The number of amides is 2. The Morgan fingerprint density at radius 3 is 2.41 bits per heavy atom. The molecule has 0 N–H and O–H groups in total. The van der Waals surface area contributed by atoms with Crippen molar-refractivity contribution < 1.29 is 4.79 Å². The van der Waals surface area contributed by atoms with Crippen LogP contribution in [-0.2, 0) is 0 Å². The predicted molar refractivity (Wildman–Crippen MR) is 88.3 cm³/mol. The van der Waals surface area contributed by atoms with Gasteiger partial charge in [-0.2, -0.15) is 0 Å². The Labute approximate surface area is 128 Å². The number of hydrogen-bond donors (Lipinski definition) is 0. The first-order chi connectivity index (χ1) is 10.8. The largest absolute Gasteiger partial charge is 0.329 e. The Kier molecular flexibility index (Phi) is 3.00. The van der Waals surface area contributed by atoms with Crippen molar-refractivity contribution in [2.75, 3.05) is 22.9 Å². The summed E-state index contributed by atoms with van der Waals surface area (Å²) in [7, 11) is 0. The van der Waals surface area contributed by atoms with E-state index in [1.54, 1.807) is 6.20 Å². The summed E-state index contributed by atoms with van der Waals surface area (Å²) in [5.74, 6) is 0. The molecule has 0 atom stereocenters. The van der Waals surface area contributed by atoms with Crippen LogP contribution in [0.15, 0.2) is 67.0 Å². The average molecular weight is 289 g/mol. The second-order valence-electron chi connectivity index (χ2n) is 5.33. The van der Waals surface area contributed by atoms with Crippen LogP contribution in [0.1, 0.15) is 0 Å². The maximum absolute atomic E-state index is 12.7. The van der Waals surface area contributed by atoms with Gasteiger partial charge in [-0.3, -0.25) is 14.8 Å². The predicted octanol–water partition coefficient (Wildman–Crippen LogP) is 3.68. The van der Waals surface area contributed by atoms with E-state index in [2.05, 4.69) is 4.98 Å². The Hall–Kier alpha value is -2.88. The fraction of sp³-hybridized carbons (Fsp3) is 0.111. The number of aromatic nitrogens is 1. The Bertz CT molecular complexity index is 832. The molecule has 4 rings (SSSR count). The topological polar surface area (TPSA) is 36.4 Å². The number of urea groups is 1. The van der Waals surface area contributed by atoms with E-state index in [4.69, 9.17) is 0 Å². The number of fused-ring (bicyclic) bond motifs is 1. The first-order valence-corrected chi connectivity index (χ1v) is 7.31. The number of rotatable bonds is 2. The molecule has 4 nitrogen and oxygen atoms in total. The van der Waals surface area contributed by atoms with Crippen LogP contribution in [0.4, 0.5) is 16.2 Å². The molecule has 108 valence electrons. The van der Waals surface area contributed by atoms with Gasteiger partial charge in [0.05, 0.1) is 0 Å². The summed E-state index contributed by atoms with van der Waals surface area (Å²) in [6, 6.07) is 17.8. The van der Waals surface area contributed by atoms with Gasteiger partial charge >= 0.3 is 6.03 Å². The van der Waals surface area contributed by atoms with Gasteiger partial charge in [0.25, 0.3) is 0 Å². The van der Waals surface area contributed by atoms with Crippen molar-refractivity contribution in [1.82, 2.24) is 4.98 Å². The normalized spacial score (nSPS) is 14.8. The van der Waals surface area contributed by atoms with Crippen LogP contribution in [0.2, 0.25) is 0 Å². The summed E-state index contributed by atoms with van der Waals surface area (Å²) in [5, 5.41) is 2.18. The van der Waals surface area contributed by atoms with Crippen LogP contribution >= 0.6 is 0 Å². The van der Waals surface area contributed by atoms with E-state index in [0.29, 0.717) is 13.1 Å². The molecule has 22 heavy (non-hydrogen) atoms. The van der Waals surface area contributed by atoms with Gasteiger partial charge < -0.3 is 0 Å². The van der Waals surface area contributed by atoms with Crippen LogP contribution in [0.5, 0.6) is 0 Å². The second-order valence-corrected chi connectivity index (χ2v) is 5.33. The number of para-hydroxylation sites is 1. The summed E-state index contributed by atoms with van der Waals surface area (Å²) < 4.78 is 0. The van der Waals surface area contributed by atoms with Gasteiger partial charge in [-0.1, -0.05) is 24.3 Å². The minimum Gasteiger partial charge on any atom is -0.292 e. The summed E-state index contributed by atoms with van der Waals surface area (Å²) in [4.78, 5) is 20.5. The fourth-order valence-corrected chi connectivity index (χ4v) is 2.86. The first-order valence-electron chi connectivity index (χ1n) is 7.31. The van der Waals surface area contributed by atoms with Gasteiger partial charge in [-0.05, 0) is 35.7 Å². The zero-order valence-electron chi connectivity index (χ0n) is 12.0. The molecular weight excluding hydrogens is 274 g/mol. The number of hydrogen-bond acceptors (Lipinski definition) is 2. The summed E-state index contributed by atoms with van der Waals surface area (Å²) in [6.07, 6.45) is 3.61. The number of anilines is 2. The third-order valence-electron chi connectivity index (χ3n) is 4.01. The van der Waals surface area contributed by atoms with Gasteiger partial charge in [-0.15, -0.1) is 0 Å². The zero-order chi connectivity index (χ0) is 14.9. The van der Waals surface area contributed by atoms with Crippen molar-refractivity contribution in [3.05, 3.63) is 67.0 Å². The van der Waals surface area contributed by atoms with Crippen LogP contribution < -0.4 is 9.80 Å². The number of benzene rings is 2. The lowest BCUT2D eigenvalue weighted by Crippen LogP contribution is -2.31. The molecule has 2 amide bonds. The molecule has 3 aromatic rings. The molecule has 1 fully saturated rings. The molecule has 0 radical (unpaired) electrons. The van der Waals surface area contributed by atoms with Crippen LogP contribution in [0.3, 0.4) is 0 Å². The van der Waals surface area contributed by atoms with Crippen LogP contribution in [-0.4, -0.2) is 24.1 Å². The molecule has 2 aromatic carbocycles. The highest BCUT2D eigenvalue weighted by molar-refractivity contribution is 6.06. The SMILES string of the molecule is O=C1N(c2ccccc2)CCN1c1ccc2ccncc2c1. The highest BCUT2D eigenvalue weighted by Crippen LogP contribution is 2.27. The lowest BCUT2D eigenvalue weighted by molar-refractivity contribution is 0.256. The second kappa shape index (κ2) is 5.15. The maximum atomic E-state index is 12.7. The van der Waals surface area contributed by atoms with Crippen molar-refractivity contribution in [1.29, 1.82) is 0 Å². The van der Waals surface area contributed by atoms with E-state index < -0.39 is 0 Å². The van der Waals surface area contributed by atoms with E-state index in [1.807, 2.05) is 70.6 Å². The van der Waals surface area contributed by atoms with Crippen molar-refractivity contribution in [2.45, 2.75) is 0 Å². The molecule has 0 unspecified atom stereocenters. The summed E-state index contributed by atoms with van der Waals surface area (Å²) in [6.45, 7) is 1.40. The molecule has 1 aliphatic heterocycles. The quantitative estimate of drug-likeness (QED) is 0.721. The molecule has 1 aromatic heterocycles. The van der Waals surface area contributed by atoms with E-state index in [1.165, 1.54) is 0 Å². The van der Waals surface area contributed by atoms with Crippen molar-refractivity contribution in [2.24, 2.45) is 0 Å². The number of carbonyl (C=O) groups excluding carboxylic acids is 1. The third-order valence-corrected chi connectivity index (χ3v) is 4.01. The van der Waals surface area contributed by atoms with Crippen molar-refractivity contribution in [3.63, 3.8) is 0 Å². The lowest BCUT2D eigenvalue weighted by atomic mass is 10.1. The van der Waals surface area contributed by atoms with E-state index in [9.17, 15) is 4.79 Å². The third kappa shape index (κ3) is 2.09. The summed E-state index contributed by atoms with van der Waals surface area (Å²) >= 11 is 0. The Morgan fingerprint density at radius 2 is 1.59 bits per heavy atom. The Balaban J connectivity index is 1.67. The first kappa shape index (κ1) is 12.8. The molecule has 2 heterocycles. The highest BCUT2D eigenvalue weighted by atomic mass is 16.2. The van der Waals surface area contributed by atoms with Crippen molar-refractivity contribution in [3.8, 4) is 0 Å². The summed E-state index contributed by atoms with van der Waals surface area (Å²) in [5.41, 5.74) is 1.86. The molecule has 1 aliphatic rings. The maximum Gasteiger partial charge on any atom is 0.329 e. The zero-order valence-corrected chi connectivity index (χ0v) is 12.0. The molecule has 0 bridgehead atoms. The number of carbonyl (C=O) groups is 1. The van der Waals surface area contributed by atoms with E-state index in [-0.39, 0.29) is 6.03 Å². The molecule has 4 heteroatoms. The lowest BCUT2D eigenvalue weighted by Gasteiger charge is -2.19. The molecule has 0 spiro atoms. The minimum atomic E-state index is 0.0226. The van der Waals surface area contributed by atoms with Gasteiger partial charge in [0.2, 0.25) is 0 Å². The average Bonchev–Trinajstić information content (AvgIpc) is 2.97. The van der Waals surface area contributed by atoms with Crippen LogP contribution in [0, 0.1) is 0 Å². The van der Waals surface area contributed by atoms with Crippen LogP contribution in [0.25, 0.3) is 10.8 Å². The van der Waals surface area contributed by atoms with Gasteiger partial charge in [0.1, 0.15) is 0 Å². The van der Waals surface area contributed by atoms with Gasteiger partial charge in [0, 0.05) is 42.2 Å². The number of pyridine rings is 1. The standard InChI is InChI=1S/C18H15N3O/c22-18-20(16-4-2-1-3-5-16)10-11-21(18)17-7-6-14-8-9-19-13-15(14)12-17/h1-9,12-13H,10-11H2. The molecule has 0 aliphatic carbocycles. The minimum absolute atomic E-state index is 0.0226. The van der Waals surface area contributed by atoms with E-state index in [0.717, 1.165) is 22.1 Å². The molecular formula is C18H15N3O. The molecule has 1 saturated heterocycles. The Morgan fingerprint density at radius 1 is 0.818 bits per heavy atom. The molecule has 0 saturated carbocycles. The fourth-order valence-electron chi connectivity index (χ4n) is 2.86. The smallest absolute Gasteiger partial charge is 0.292 e.